The van der Waals surface area contributed by atoms with Crippen LogP contribution in [0, 0.1) is 0 Å². The number of anilines is 1. The molecule has 134 valence electrons. The standard InChI is InChI=1S/C17H20N2O4S2/c1-4-23-15(20)9-13-10-24-17(19-13)25-11(2)16(21)18-12-5-7-14(22-3)8-6-12/h5-8,10-11H,4,9H2,1-3H3,(H,18,21)/t11-/m0/s1. The van der Waals surface area contributed by atoms with Crippen LogP contribution in [0.2, 0.25) is 0 Å². The normalized spacial score (nSPS) is 11.6. The third kappa shape index (κ3) is 6.06. The van der Waals surface area contributed by atoms with Crippen LogP contribution in [0.5, 0.6) is 5.75 Å². The summed E-state index contributed by atoms with van der Waals surface area (Å²) in [7, 11) is 1.59. The Hall–Kier alpha value is -2.06. The van der Waals surface area contributed by atoms with Crippen LogP contribution in [0.4, 0.5) is 5.69 Å². The summed E-state index contributed by atoms with van der Waals surface area (Å²) in [5.41, 5.74) is 1.37. The van der Waals surface area contributed by atoms with Crippen LogP contribution >= 0.6 is 23.1 Å². The molecule has 0 unspecified atom stereocenters. The van der Waals surface area contributed by atoms with E-state index in [-0.39, 0.29) is 23.5 Å². The quantitative estimate of drug-likeness (QED) is 0.559. The van der Waals surface area contributed by atoms with Gasteiger partial charge in [0.1, 0.15) is 5.75 Å². The van der Waals surface area contributed by atoms with E-state index in [1.807, 2.05) is 12.3 Å². The fraction of sp³-hybridized carbons (Fsp3) is 0.353. The highest BCUT2D eigenvalue weighted by Crippen LogP contribution is 2.28. The number of hydrogen-bond acceptors (Lipinski definition) is 7. The average Bonchev–Trinajstić information content (AvgIpc) is 3.02. The number of carbonyl (C=O) groups excluding carboxylic acids is 2. The molecule has 0 saturated heterocycles. The topological polar surface area (TPSA) is 77.5 Å². The summed E-state index contributed by atoms with van der Waals surface area (Å²) in [5.74, 6) is 0.323. The molecule has 1 N–H and O–H groups in total. The minimum atomic E-state index is -0.316. The summed E-state index contributed by atoms with van der Waals surface area (Å²) in [5, 5.41) is 4.35. The molecule has 0 bridgehead atoms. The molecule has 1 amide bonds. The first-order chi connectivity index (χ1) is 12.0. The summed E-state index contributed by atoms with van der Waals surface area (Å²) in [6, 6.07) is 7.15. The van der Waals surface area contributed by atoms with Gasteiger partial charge in [-0.25, -0.2) is 4.98 Å². The van der Waals surface area contributed by atoms with E-state index in [1.54, 1.807) is 38.3 Å². The molecule has 2 aromatic rings. The number of amides is 1. The number of thiazole rings is 1. The van der Waals surface area contributed by atoms with Crippen molar-refractivity contribution in [2.24, 2.45) is 0 Å². The van der Waals surface area contributed by atoms with Crippen molar-refractivity contribution in [3.8, 4) is 5.75 Å². The Kier molecular flexibility index (Phi) is 7.27. The largest absolute Gasteiger partial charge is 0.497 e. The summed E-state index contributed by atoms with van der Waals surface area (Å²) in [6.07, 6.45) is 0.150. The molecule has 6 nitrogen and oxygen atoms in total. The number of hydrogen-bond donors (Lipinski definition) is 1. The smallest absolute Gasteiger partial charge is 0.311 e. The lowest BCUT2D eigenvalue weighted by molar-refractivity contribution is -0.142. The molecule has 0 spiro atoms. The van der Waals surface area contributed by atoms with Crippen LogP contribution in [-0.2, 0) is 20.7 Å². The van der Waals surface area contributed by atoms with E-state index in [4.69, 9.17) is 9.47 Å². The SMILES string of the molecule is CCOC(=O)Cc1csc(S[C@@H](C)C(=O)Nc2ccc(OC)cc2)n1. The Morgan fingerprint density at radius 1 is 1.32 bits per heavy atom. The minimum Gasteiger partial charge on any atom is -0.497 e. The van der Waals surface area contributed by atoms with E-state index in [0.29, 0.717) is 18.0 Å². The maximum atomic E-state index is 12.3. The number of esters is 1. The number of aromatic nitrogens is 1. The van der Waals surface area contributed by atoms with Crippen molar-refractivity contribution in [2.75, 3.05) is 19.0 Å². The number of methoxy groups -OCH3 is 1. The summed E-state index contributed by atoms with van der Waals surface area (Å²) >= 11 is 2.77. The Morgan fingerprint density at radius 3 is 2.68 bits per heavy atom. The van der Waals surface area contributed by atoms with Gasteiger partial charge in [-0.15, -0.1) is 11.3 Å². The monoisotopic (exact) mass is 380 g/mol. The Labute approximate surface area is 154 Å². The summed E-state index contributed by atoms with van der Waals surface area (Å²) in [6.45, 7) is 3.94. The van der Waals surface area contributed by atoms with Crippen LogP contribution in [0.3, 0.4) is 0 Å². The van der Waals surface area contributed by atoms with Crippen molar-refractivity contribution in [3.05, 3.63) is 35.3 Å². The molecular formula is C17H20N2O4S2. The first kappa shape index (κ1) is 19.3. The van der Waals surface area contributed by atoms with E-state index < -0.39 is 0 Å². The number of nitrogens with one attached hydrogen (secondary N) is 1. The number of carbonyl (C=O) groups is 2. The van der Waals surface area contributed by atoms with Gasteiger partial charge in [0, 0.05) is 11.1 Å². The lowest BCUT2D eigenvalue weighted by Crippen LogP contribution is -2.22. The fourth-order valence-corrected chi connectivity index (χ4v) is 3.89. The number of ether oxygens (including phenoxy) is 2. The van der Waals surface area contributed by atoms with Crippen molar-refractivity contribution in [2.45, 2.75) is 29.9 Å². The van der Waals surface area contributed by atoms with Crippen molar-refractivity contribution < 1.29 is 19.1 Å². The number of thioether (sulfide) groups is 1. The van der Waals surface area contributed by atoms with E-state index in [2.05, 4.69) is 10.3 Å². The lowest BCUT2D eigenvalue weighted by Gasteiger charge is -2.10. The molecule has 0 aliphatic rings. The van der Waals surface area contributed by atoms with Gasteiger partial charge in [0.25, 0.3) is 0 Å². The number of benzene rings is 1. The molecule has 25 heavy (non-hydrogen) atoms. The zero-order chi connectivity index (χ0) is 18.2. The average molecular weight is 380 g/mol. The Morgan fingerprint density at radius 2 is 2.04 bits per heavy atom. The van der Waals surface area contributed by atoms with E-state index in [9.17, 15) is 9.59 Å². The van der Waals surface area contributed by atoms with Crippen molar-refractivity contribution in [1.82, 2.24) is 4.98 Å². The molecular weight excluding hydrogens is 360 g/mol. The van der Waals surface area contributed by atoms with Crippen LogP contribution in [-0.4, -0.2) is 35.8 Å². The molecule has 0 fully saturated rings. The molecule has 1 aromatic carbocycles. The van der Waals surface area contributed by atoms with Gasteiger partial charge in [0.05, 0.1) is 31.1 Å². The highest BCUT2D eigenvalue weighted by molar-refractivity contribution is 8.02. The minimum absolute atomic E-state index is 0.114. The Balaban J connectivity index is 1.87. The first-order valence-electron chi connectivity index (χ1n) is 7.73. The van der Waals surface area contributed by atoms with E-state index in [1.165, 1.54) is 23.1 Å². The van der Waals surface area contributed by atoms with Gasteiger partial charge < -0.3 is 14.8 Å². The lowest BCUT2D eigenvalue weighted by atomic mass is 10.3. The molecule has 0 aliphatic heterocycles. The van der Waals surface area contributed by atoms with E-state index >= 15 is 0 Å². The summed E-state index contributed by atoms with van der Waals surface area (Å²) < 4.78 is 10.7. The summed E-state index contributed by atoms with van der Waals surface area (Å²) in [4.78, 5) is 28.1. The van der Waals surface area contributed by atoms with Gasteiger partial charge in [0.15, 0.2) is 4.34 Å². The second-order valence-corrected chi connectivity index (χ2v) is 7.51. The van der Waals surface area contributed by atoms with Gasteiger partial charge >= 0.3 is 5.97 Å². The molecule has 1 atom stereocenters. The highest BCUT2D eigenvalue weighted by atomic mass is 32.2. The van der Waals surface area contributed by atoms with Gasteiger partial charge in [-0.2, -0.15) is 0 Å². The molecule has 8 heteroatoms. The molecule has 2 rings (SSSR count). The maximum absolute atomic E-state index is 12.3. The molecule has 0 radical (unpaired) electrons. The van der Waals surface area contributed by atoms with Crippen LogP contribution in [0.1, 0.15) is 19.5 Å². The van der Waals surface area contributed by atoms with Gasteiger partial charge in [-0.05, 0) is 38.1 Å². The fourth-order valence-electron chi connectivity index (χ4n) is 1.91. The van der Waals surface area contributed by atoms with Crippen molar-refractivity contribution >= 4 is 40.7 Å². The van der Waals surface area contributed by atoms with Crippen molar-refractivity contribution in [3.63, 3.8) is 0 Å². The maximum Gasteiger partial charge on any atom is 0.311 e. The zero-order valence-corrected chi connectivity index (χ0v) is 15.9. The second-order valence-electron chi connectivity index (χ2n) is 5.06. The predicted octanol–water partition coefficient (Wildman–Crippen LogP) is 3.38. The molecule has 0 saturated carbocycles. The number of rotatable bonds is 8. The molecule has 1 heterocycles. The molecule has 0 aliphatic carbocycles. The highest BCUT2D eigenvalue weighted by Gasteiger charge is 2.17. The van der Waals surface area contributed by atoms with Gasteiger partial charge in [0.2, 0.25) is 5.91 Å². The predicted molar refractivity (Wildman–Crippen MR) is 99.4 cm³/mol. The van der Waals surface area contributed by atoms with Crippen LogP contribution < -0.4 is 10.1 Å². The van der Waals surface area contributed by atoms with Gasteiger partial charge in [-0.3, -0.25) is 9.59 Å². The van der Waals surface area contributed by atoms with Crippen molar-refractivity contribution in [1.29, 1.82) is 0 Å². The molecule has 1 aromatic heterocycles. The second kappa shape index (κ2) is 9.43. The third-order valence-electron chi connectivity index (χ3n) is 3.17. The van der Waals surface area contributed by atoms with Crippen LogP contribution in [0.25, 0.3) is 0 Å². The van der Waals surface area contributed by atoms with Crippen LogP contribution in [0.15, 0.2) is 34.0 Å². The third-order valence-corrected chi connectivity index (χ3v) is 5.29. The number of nitrogens with zero attached hydrogens (tertiary/aromatic N) is 1. The van der Waals surface area contributed by atoms with E-state index in [0.717, 1.165) is 10.1 Å². The van der Waals surface area contributed by atoms with Gasteiger partial charge in [-0.1, -0.05) is 11.8 Å². The zero-order valence-electron chi connectivity index (χ0n) is 14.3. The Bertz CT molecular complexity index is 716. The first-order valence-corrected chi connectivity index (χ1v) is 9.49.